The van der Waals surface area contributed by atoms with Crippen molar-refractivity contribution in [2.24, 2.45) is 11.8 Å². The molecule has 1 aromatic carbocycles. The van der Waals surface area contributed by atoms with E-state index in [9.17, 15) is 17.2 Å². The lowest BCUT2D eigenvalue weighted by molar-refractivity contribution is 0.378. The number of hydrogen-bond donors (Lipinski definition) is 2. The molecule has 3 N–H and O–H groups in total. The summed E-state index contributed by atoms with van der Waals surface area (Å²) in [5, 5.41) is 0. The summed E-state index contributed by atoms with van der Waals surface area (Å²) in [4.78, 5) is 0. The van der Waals surface area contributed by atoms with E-state index in [0.29, 0.717) is 6.42 Å². The fraction of sp³-hybridized carbons (Fsp3) is 0.500. The van der Waals surface area contributed by atoms with E-state index in [1.165, 1.54) is 12.1 Å². The molecule has 0 amide bonds. The molecule has 1 aromatic rings. The first-order valence-corrected chi connectivity index (χ1v) is 7.84. The number of nitrogens with two attached hydrogens (primary N) is 1. The van der Waals surface area contributed by atoms with Gasteiger partial charge >= 0.3 is 0 Å². The van der Waals surface area contributed by atoms with Crippen molar-refractivity contribution in [2.45, 2.75) is 18.9 Å². The summed E-state index contributed by atoms with van der Waals surface area (Å²) in [6, 6.07) is 3.57. The summed E-state index contributed by atoms with van der Waals surface area (Å²) in [6.45, 7) is 0. The summed E-state index contributed by atoms with van der Waals surface area (Å²) in [6.07, 6.45) is 0.661. The Balaban J connectivity index is 2.14. The zero-order chi connectivity index (χ0) is 14.0. The zero-order valence-corrected chi connectivity index (χ0v) is 11.1. The Labute approximate surface area is 110 Å². The van der Waals surface area contributed by atoms with Crippen LogP contribution in [0.1, 0.15) is 12.0 Å². The molecule has 0 aromatic heterocycles. The van der Waals surface area contributed by atoms with Crippen LogP contribution >= 0.6 is 0 Å². The van der Waals surface area contributed by atoms with Crippen molar-refractivity contribution in [3.63, 3.8) is 0 Å². The van der Waals surface area contributed by atoms with Gasteiger partial charge in [-0.05, 0) is 30.4 Å². The van der Waals surface area contributed by atoms with Crippen molar-refractivity contribution in [3.8, 4) is 0 Å². The average molecular weight is 290 g/mol. The molecule has 2 rings (SSSR count). The standard InChI is InChI=1S/C12H16F2N2O2S/c13-10-3-1-2-8(12(10)14)6-11(16-15)9-4-5-19(17,18)7-9/h1-3,9,11,16H,4-7,15H2. The first-order chi connectivity index (χ1) is 8.93. The van der Waals surface area contributed by atoms with Crippen molar-refractivity contribution in [1.29, 1.82) is 0 Å². The van der Waals surface area contributed by atoms with Crippen LogP contribution in [0.2, 0.25) is 0 Å². The predicted molar refractivity (Wildman–Crippen MR) is 67.9 cm³/mol. The molecule has 1 saturated heterocycles. The average Bonchev–Trinajstić information content (AvgIpc) is 2.71. The van der Waals surface area contributed by atoms with Crippen LogP contribution in [-0.4, -0.2) is 26.0 Å². The molecular weight excluding hydrogens is 274 g/mol. The van der Waals surface area contributed by atoms with E-state index >= 15 is 0 Å². The predicted octanol–water partition coefficient (Wildman–Crippen LogP) is 0.774. The highest BCUT2D eigenvalue weighted by Gasteiger charge is 2.33. The molecule has 1 aliphatic heterocycles. The molecule has 0 radical (unpaired) electrons. The van der Waals surface area contributed by atoms with Crippen LogP contribution in [0.15, 0.2) is 18.2 Å². The summed E-state index contributed by atoms with van der Waals surface area (Å²) >= 11 is 0. The molecule has 0 spiro atoms. The van der Waals surface area contributed by atoms with Crippen molar-refractivity contribution in [1.82, 2.24) is 5.43 Å². The van der Waals surface area contributed by atoms with Crippen LogP contribution in [-0.2, 0) is 16.3 Å². The number of halogens is 2. The molecule has 0 bridgehead atoms. The van der Waals surface area contributed by atoms with Gasteiger partial charge in [-0.2, -0.15) is 0 Å². The van der Waals surface area contributed by atoms with Crippen molar-refractivity contribution >= 4 is 9.84 Å². The van der Waals surface area contributed by atoms with Crippen LogP contribution in [0.3, 0.4) is 0 Å². The third-order valence-electron chi connectivity index (χ3n) is 3.52. The van der Waals surface area contributed by atoms with Gasteiger partial charge in [-0.25, -0.2) is 17.2 Å². The molecule has 4 nitrogen and oxygen atoms in total. The van der Waals surface area contributed by atoms with Crippen LogP contribution < -0.4 is 11.3 Å². The smallest absolute Gasteiger partial charge is 0.162 e. The number of sulfone groups is 1. The first kappa shape index (κ1) is 14.4. The van der Waals surface area contributed by atoms with E-state index in [4.69, 9.17) is 5.84 Å². The van der Waals surface area contributed by atoms with E-state index in [1.807, 2.05) is 0 Å². The third-order valence-corrected chi connectivity index (χ3v) is 5.32. The first-order valence-electron chi connectivity index (χ1n) is 6.02. The Morgan fingerprint density at radius 3 is 2.74 bits per heavy atom. The molecule has 7 heteroatoms. The molecule has 106 valence electrons. The van der Waals surface area contributed by atoms with Crippen LogP contribution in [0.25, 0.3) is 0 Å². The van der Waals surface area contributed by atoms with Gasteiger partial charge in [0, 0.05) is 6.04 Å². The molecule has 1 heterocycles. The van der Waals surface area contributed by atoms with Crippen LogP contribution in [0, 0.1) is 17.6 Å². The normalized spacial score (nSPS) is 23.4. The van der Waals surface area contributed by atoms with Gasteiger partial charge in [0.1, 0.15) is 0 Å². The lowest BCUT2D eigenvalue weighted by Gasteiger charge is -2.21. The third kappa shape index (κ3) is 3.29. The SMILES string of the molecule is NNC(Cc1cccc(F)c1F)C1CCS(=O)(=O)C1. The number of hydrogen-bond acceptors (Lipinski definition) is 4. The van der Waals surface area contributed by atoms with Crippen molar-refractivity contribution in [2.75, 3.05) is 11.5 Å². The van der Waals surface area contributed by atoms with Gasteiger partial charge in [0.25, 0.3) is 0 Å². The largest absolute Gasteiger partial charge is 0.271 e. The monoisotopic (exact) mass is 290 g/mol. The maximum absolute atomic E-state index is 13.6. The summed E-state index contributed by atoms with van der Waals surface area (Å²) < 4.78 is 49.6. The number of hydrazine groups is 1. The van der Waals surface area contributed by atoms with Crippen LogP contribution in [0.5, 0.6) is 0 Å². The summed E-state index contributed by atoms with van der Waals surface area (Å²) in [7, 11) is -3.02. The van der Waals surface area contributed by atoms with Gasteiger partial charge in [-0.1, -0.05) is 12.1 Å². The van der Waals surface area contributed by atoms with E-state index in [1.54, 1.807) is 0 Å². The Morgan fingerprint density at radius 1 is 1.42 bits per heavy atom. The lowest BCUT2D eigenvalue weighted by atomic mass is 9.93. The molecule has 1 aliphatic rings. The highest BCUT2D eigenvalue weighted by Crippen LogP contribution is 2.24. The highest BCUT2D eigenvalue weighted by atomic mass is 32.2. The van der Waals surface area contributed by atoms with Crippen molar-refractivity contribution in [3.05, 3.63) is 35.4 Å². The molecule has 0 aliphatic carbocycles. The molecule has 19 heavy (non-hydrogen) atoms. The molecule has 1 fully saturated rings. The minimum atomic E-state index is -3.02. The second-order valence-electron chi connectivity index (χ2n) is 4.85. The molecule has 2 unspecified atom stereocenters. The van der Waals surface area contributed by atoms with Crippen LogP contribution in [0.4, 0.5) is 8.78 Å². The van der Waals surface area contributed by atoms with E-state index in [-0.39, 0.29) is 35.4 Å². The van der Waals surface area contributed by atoms with E-state index < -0.39 is 21.5 Å². The zero-order valence-electron chi connectivity index (χ0n) is 10.3. The fourth-order valence-corrected chi connectivity index (χ4v) is 4.33. The Hall–Kier alpha value is -1.05. The van der Waals surface area contributed by atoms with Gasteiger partial charge in [0.2, 0.25) is 0 Å². The van der Waals surface area contributed by atoms with Gasteiger partial charge < -0.3 is 0 Å². The minimum absolute atomic E-state index is 0.0405. The molecule has 0 saturated carbocycles. The molecular formula is C12H16F2N2O2S. The molecule has 2 atom stereocenters. The van der Waals surface area contributed by atoms with Gasteiger partial charge in [0.15, 0.2) is 21.5 Å². The van der Waals surface area contributed by atoms with E-state index in [2.05, 4.69) is 5.43 Å². The quantitative estimate of drug-likeness (QED) is 0.635. The Bertz CT molecular complexity index is 563. The highest BCUT2D eigenvalue weighted by molar-refractivity contribution is 7.91. The van der Waals surface area contributed by atoms with Gasteiger partial charge in [0.05, 0.1) is 11.5 Å². The Kier molecular flexibility index (Phi) is 4.17. The topological polar surface area (TPSA) is 72.2 Å². The fourth-order valence-electron chi connectivity index (χ4n) is 2.45. The number of nitrogens with one attached hydrogen (secondary N) is 1. The van der Waals surface area contributed by atoms with Crippen molar-refractivity contribution < 1.29 is 17.2 Å². The number of rotatable bonds is 4. The maximum Gasteiger partial charge on any atom is 0.162 e. The second kappa shape index (κ2) is 5.52. The van der Waals surface area contributed by atoms with Gasteiger partial charge in [-0.3, -0.25) is 11.3 Å². The lowest BCUT2D eigenvalue weighted by Crippen LogP contribution is -2.43. The Morgan fingerprint density at radius 2 is 2.16 bits per heavy atom. The summed E-state index contributed by atoms with van der Waals surface area (Å²) in [5.74, 6) is 3.60. The van der Waals surface area contributed by atoms with E-state index in [0.717, 1.165) is 6.07 Å². The number of benzene rings is 1. The second-order valence-corrected chi connectivity index (χ2v) is 7.08. The minimum Gasteiger partial charge on any atom is -0.271 e. The maximum atomic E-state index is 13.6. The summed E-state index contributed by atoms with van der Waals surface area (Å²) in [5.41, 5.74) is 2.72. The van der Waals surface area contributed by atoms with Gasteiger partial charge in [-0.15, -0.1) is 0 Å².